The van der Waals surface area contributed by atoms with Crippen LogP contribution in [0.1, 0.15) is 11.1 Å². The fraction of sp³-hybridized carbons (Fsp3) is 0.417. The number of carbonyl (C=O) groups is 1. The van der Waals surface area contributed by atoms with Gasteiger partial charge in [0, 0.05) is 13.1 Å². The maximum Gasteiger partial charge on any atom is 0.235 e. The van der Waals surface area contributed by atoms with Crippen molar-refractivity contribution >= 4 is 15.9 Å². The van der Waals surface area contributed by atoms with E-state index in [9.17, 15) is 13.2 Å². The van der Waals surface area contributed by atoms with E-state index in [-0.39, 0.29) is 18.2 Å². The molecule has 1 aromatic rings. The van der Waals surface area contributed by atoms with Gasteiger partial charge in [0.25, 0.3) is 0 Å². The number of hydrogen-bond donors (Lipinski definition) is 1. The Bertz CT molecular complexity index is 537. The Hall–Kier alpha value is -1.40. The lowest BCUT2D eigenvalue weighted by Gasteiger charge is -2.25. The van der Waals surface area contributed by atoms with Gasteiger partial charge < -0.3 is 5.32 Å². The average molecular weight is 268 g/mol. The summed E-state index contributed by atoms with van der Waals surface area (Å²) in [4.78, 5) is 11.2. The first-order valence-corrected chi connectivity index (χ1v) is 7.38. The third-order valence-electron chi connectivity index (χ3n) is 2.87. The minimum atomic E-state index is -3.41. The second-order valence-electron chi connectivity index (χ2n) is 4.43. The van der Waals surface area contributed by atoms with Gasteiger partial charge in [0.1, 0.15) is 0 Å². The van der Waals surface area contributed by atoms with Gasteiger partial charge >= 0.3 is 0 Å². The molecule has 0 aromatic heterocycles. The van der Waals surface area contributed by atoms with Crippen molar-refractivity contribution in [3.63, 3.8) is 0 Å². The molecule has 1 amide bonds. The lowest BCUT2D eigenvalue weighted by molar-refractivity contribution is -0.122. The molecular weight excluding hydrogens is 252 g/mol. The summed E-state index contributed by atoms with van der Waals surface area (Å²) in [6.45, 7) is 2.60. The number of rotatable bonds is 3. The molecule has 0 radical (unpaired) electrons. The highest BCUT2D eigenvalue weighted by Crippen LogP contribution is 2.12. The number of aryl methyl sites for hydroxylation is 1. The Morgan fingerprint density at radius 3 is 2.56 bits per heavy atom. The van der Waals surface area contributed by atoms with Crippen LogP contribution in [-0.4, -0.2) is 38.3 Å². The molecule has 6 heteroatoms. The van der Waals surface area contributed by atoms with Crippen molar-refractivity contribution in [2.24, 2.45) is 0 Å². The molecule has 5 nitrogen and oxygen atoms in total. The first-order valence-electron chi connectivity index (χ1n) is 5.77. The summed E-state index contributed by atoms with van der Waals surface area (Å²) in [7, 11) is -3.41. The van der Waals surface area contributed by atoms with Gasteiger partial charge in [-0.3, -0.25) is 4.79 Å². The molecule has 0 unspecified atom stereocenters. The summed E-state index contributed by atoms with van der Waals surface area (Å²) in [6.07, 6.45) is 0. The monoisotopic (exact) mass is 268 g/mol. The predicted molar refractivity (Wildman–Crippen MR) is 68.4 cm³/mol. The molecule has 1 aromatic carbocycles. The van der Waals surface area contributed by atoms with Crippen LogP contribution in [0.5, 0.6) is 0 Å². The number of sulfonamides is 1. The third kappa shape index (κ3) is 3.08. The van der Waals surface area contributed by atoms with E-state index < -0.39 is 10.0 Å². The Labute approximate surface area is 107 Å². The topological polar surface area (TPSA) is 66.5 Å². The van der Waals surface area contributed by atoms with Crippen LogP contribution in [0, 0.1) is 6.92 Å². The minimum absolute atomic E-state index is 0.0550. The standard InChI is InChI=1S/C12H16N2O3S/c1-10-2-4-11(5-3-10)9-18(16,17)14-7-6-13-12(15)8-14/h2-5H,6-9H2,1H3,(H,13,15). The number of hydrogen-bond acceptors (Lipinski definition) is 3. The van der Waals surface area contributed by atoms with E-state index >= 15 is 0 Å². The Morgan fingerprint density at radius 1 is 1.28 bits per heavy atom. The molecule has 0 atom stereocenters. The molecule has 1 aliphatic rings. The molecule has 1 fully saturated rings. The number of benzene rings is 1. The zero-order valence-electron chi connectivity index (χ0n) is 10.2. The van der Waals surface area contributed by atoms with Crippen molar-refractivity contribution < 1.29 is 13.2 Å². The Kier molecular flexibility index (Phi) is 3.68. The first kappa shape index (κ1) is 13.0. The van der Waals surface area contributed by atoms with Gasteiger partial charge in [0.15, 0.2) is 0 Å². The summed E-state index contributed by atoms with van der Waals surface area (Å²) in [5.41, 5.74) is 1.83. The van der Waals surface area contributed by atoms with Crippen molar-refractivity contribution in [1.82, 2.24) is 9.62 Å². The van der Waals surface area contributed by atoms with Crippen molar-refractivity contribution in [2.75, 3.05) is 19.6 Å². The van der Waals surface area contributed by atoms with Gasteiger partial charge in [-0.25, -0.2) is 8.42 Å². The lowest BCUT2D eigenvalue weighted by atomic mass is 10.2. The largest absolute Gasteiger partial charge is 0.354 e. The number of nitrogens with zero attached hydrogens (tertiary/aromatic N) is 1. The third-order valence-corrected chi connectivity index (χ3v) is 4.66. The van der Waals surface area contributed by atoms with E-state index in [0.29, 0.717) is 13.1 Å². The molecule has 1 saturated heterocycles. The van der Waals surface area contributed by atoms with Gasteiger partial charge in [-0.1, -0.05) is 29.8 Å². The normalized spacial score (nSPS) is 17.5. The highest BCUT2D eigenvalue weighted by Gasteiger charge is 2.27. The molecule has 0 spiro atoms. The summed E-state index contributed by atoms with van der Waals surface area (Å²) >= 11 is 0. The Morgan fingerprint density at radius 2 is 1.94 bits per heavy atom. The summed E-state index contributed by atoms with van der Waals surface area (Å²) in [5.74, 6) is -0.297. The van der Waals surface area contributed by atoms with E-state index in [0.717, 1.165) is 11.1 Å². The average Bonchev–Trinajstić information content (AvgIpc) is 2.32. The molecular formula is C12H16N2O3S. The van der Waals surface area contributed by atoms with Gasteiger partial charge in [-0.05, 0) is 12.5 Å². The van der Waals surface area contributed by atoms with Crippen LogP contribution in [0.2, 0.25) is 0 Å². The van der Waals surface area contributed by atoms with E-state index in [1.54, 1.807) is 12.1 Å². The Balaban J connectivity index is 2.11. The number of nitrogens with one attached hydrogen (secondary N) is 1. The van der Waals surface area contributed by atoms with Crippen LogP contribution in [-0.2, 0) is 20.6 Å². The maximum atomic E-state index is 12.1. The molecule has 18 heavy (non-hydrogen) atoms. The van der Waals surface area contributed by atoms with Gasteiger partial charge in [-0.2, -0.15) is 4.31 Å². The van der Waals surface area contributed by atoms with Crippen molar-refractivity contribution in [1.29, 1.82) is 0 Å². The zero-order valence-corrected chi connectivity index (χ0v) is 11.0. The highest BCUT2D eigenvalue weighted by atomic mass is 32.2. The van der Waals surface area contributed by atoms with Crippen LogP contribution in [0.15, 0.2) is 24.3 Å². The highest BCUT2D eigenvalue weighted by molar-refractivity contribution is 7.88. The van der Waals surface area contributed by atoms with E-state index in [1.807, 2.05) is 19.1 Å². The molecule has 1 N–H and O–H groups in total. The number of carbonyl (C=O) groups excluding carboxylic acids is 1. The second kappa shape index (κ2) is 5.07. The summed E-state index contributed by atoms with van der Waals surface area (Å²) in [6, 6.07) is 7.37. The van der Waals surface area contributed by atoms with Gasteiger partial charge in [-0.15, -0.1) is 0 Å². The van der Waals surface area contributed by atoms with E-state index in [1.165, 1.54) is 4.31 Å². The van der Waals surface area contributed by atoms with Crippen LogP contribution < -0.4 is 5.32 Å². The SMILES string of the molecule is Cc1ccc(CS(=O)(=O)N2CCNC(=O)C2)cc1. The van der Waals surface area contributed by atoms with Crippen LogP contribution in [0.3, 0.4) is 0 Å². The quantitative estimate of drug-likeness (QED) is 0.855. The fourth-order valence-electron chi connectivity index (χ4n) is 1.84. The first-order chi connectivity index (χ1) is 8.47. The zero-order chi connectivity index (χ0) is 13.2. The molecule has 0 bridgehead atoms. The van der Waals surface area contributed by atoms with Crippen LogP contribution in [0.25, 0.3) is 0 Å². The molecule has 1 heterocycles. The molecule has 0 aliphatic carbocycles. The summed E-state index contributed by atoms with van der Waals surface area (Å²) < 4.78 is 25.5. The lowest BCUT2D eigenvalue weighted by Crippen LogP contribution is -2.50. The van der Waals surface area contributed by atoms with Crippen LogP contribution in [0.4, 0.5) is 0 Å². The van der Waals surface area contributed by atoms with Crippen LogP contribution >= 0.6 is 0 Å². The fourth-order valence-corrected chi connectivity index (χ4v) is 3.32. The molecule has 0 saturated carbocycles. The minimum Gasteiger partial charge on any atom is -0.354 e. The predicted octanol–water partition coefficient (Wildman–Crippen LogP) is 0.257. The van der Waals surface area contributed by atoms with Crippen molar-refractivity contribution in [3.05, 3.63) is 35.4 Å². The molecule has 1 aliphatic heterocycles. The van der Waals surface area contributed by atoms with E-state index in [4.69, 9.17) is 0 Å². The second-order valence-corrected chi connectivity index (χ2v) is 6.39. The van der Waals surface area contributed by atoms with E-state index in [2.05, 4.69) is 5.32 Å². The van der Waals surface area contributed by atoms with Gasteiger partial charge in [0.2, 0.25) is 15.9 Å². The molecule has 2 rings (SSSR count). The van der Waals surface area contributed by atoms with Crippen molar-refractivity contribution in [3.8, 4) is 0 Å². The van der Waals surface area contributed by atoms with Gasteiger partial charge in [0.05, 0.1) is 12.3 Å². The number of piperazine rings is 1. The molecule has 98 valence electrons. The number of amides is 1. The maximum absolute atomic E-state index is 12.1. The summed E-state index contributed by atoms with van der Waals surface area (Å²) in [5, 5.41) is 2.61. The van der Waals surface area contributed by atoms with Crippen molar-refractivity contribution in [2.45, 2.75) is 12.7 Å². The smallest absolute Gasteiger partial charge is 0.235 e.